The van der Waals surface area contributed by atoms with Crippen LogP contribution in [0.5, 0.6) is 0 Å². The first-order chi connectivity index (χ1) is 6.36. The fourth-order valence-corrected chi connectivity index (χ4v) is 2.59. The summed E-state index contributed by atoms with van der Waals surface area (Å²) < 4.78 is 0. The van der Waals surface area contributed by atoms with Crippen molar-refractivity contribution in [1.82, 2.24) is 0 Å². The van der Waals surface area contributed by atoms with Gasteiger partial charge < -0.3 is 4.79 Å². The van der Waals surface area contributed by atoms with E-state index in [1.54, 1.807) is 0 Å². The second kappa shape index (κ2) is 3.84. The second-order valence-electron chi connectivity index (χ2n) is 5.60. The molecular formula is C12H20O2. The number of rotatable bonds is 1. The largest absolute Gasteiger partial charge is 0.303 e. The monoisotopic (exact) mass is 196 g/mol. The fraction of sp³-hybridized carbons (Fsp3) is 0.833. The normalized spacial score (nSPS) is 34.3. The van der Waals surface area contributed by atoms with Crippen LogP contribution in [0.3, 0.4) is 0 Å². The molecular weight excluding hydrogens is 176 g/mol. The number of ketones is 1. The molecule has 3 atom stereocenters. The Labute approximate surface area is 86.1 Å². The zero-order chi connectivity index (χ0) is 10.9. The highest BCUT2D eigenvalue weighted by Crippen LogP contribution is 2.41. The molecule has 0 amide bonds. The Balaban J connectivity index is 2.79. The number of aldehydes is 1. The van der Waals surface area contributed by atoms with Crippen molar-refractivity contribution in [3.63, 3.8) is 0 Å². The van der Waals surface area contributed by atoms with Crippen molar-refractivity contribution in [2.45, 2.75) is 40.5 Å². The van der Waals surface area contributed by atoms with E-state index < -0.39 is 0 Å². The molecule has 14 heavy (non-hydrogen) atoms. The molecule has 0 aromatic carbocycles. The summed E-state index contributed by atoms with van der Waals surface area (Å²) in [5.74, 6) is 0.692. The molecule has 0 bridgehead atoms. The van der Waals surface area contributed by atoms with Gasteiger partial charge in [0.1, 0.15) is 12.1 Å². The molecule has 1 rings (SSSR count). The summed E-state index contributed by atoms with van der Waals surface area (Å²) in [7, 11) is 0. The van der Waals surface area contributed by atoms with Crippen LogP contribution in [0.15, 0.2) is 0 Å². The topological polar surface area (TPSA) is 34.1 Å². The van der Waals surface area contributed by atoms with E-state index in [1.165, 1.54) is 0 Å². The van der Waals surface area contributed by atoms with Crippen LogP contribution in [0.4, 0.5) is 0 Å². The lowest BCUT2D eigenvalue weighted by molar-refractivity contribution is -0.133. The third-order valence-corrected chi connectivity index (χ3v) is 3.41. The van der Waals surface area contributed by atoms with Crippen molar-refractivity contribution < 1.29 is 9.59 Å². The van der Waals surface area contributed by atoms with Crippen LogP contribution >= 0.6 is 0 Å². The lowest BCUT2D eigenvalue weighted by atomic mass is 9.64. The highest BCUT2D eigenvalue weighted by Gasteiger charge is 2.39. The number of carbonyl (C=O) groups excluding carboxylic acids is 2. The van der Waals surface area contributed by atoms with Crippen molar-refractivity contribution in [2.75, 3.05) is 0 Å². The molecule has 0 radical (unpaired) electrons. The smallest absolute Gasteiger partial charge is 0.143 e. The summed E-state index contributed by atoms with van der Waals surface area (Å²) in [4.78, 5) is 22.2. The van der Waals surface area contributed by atoms with Gasteiger partial charge in [-0.05, 0) is 23.7 Å². The summed E-state index contributed by atoms with van der Waals surface area (Å²) in [6, 6.07) is 0. The predicted molar refractivity (Wildman–Crippen MR) is 55.9 cm³/mol. The van der Waals surface area contributed by atoms with Gasteiger partial charge in [-0.1, -0.05) is 27.7 Å². The molecule has 0 N–H and O–H groups in total. The Morgan fingerprint density at radius 1 is 1.36 bits per heavy atom. The minimum absolute atomic E-state index is 0.132. The molecule has 1 saturated carbocycles. The van der Waals surface area contributed by atoms with Crippen molar-refractivity contribution in [3.8, 4) is 0 Å². The van der Waals surface area contributed by atoms with Crippen LogP contribution < -0.4 is 0 Å². The third-order valence-electron chi connectivity index (χ3n) is 3.41. The molecule has 0 spiro atoms. The minimum atomic E-state index is -0.338. The number of Topliss-reactive ketones (excluding diaryl/α,β-unsaturated/α-hetero) is 1. The molecule has 0 saturated heterocycles. The molecule has 0 aromatic heterocycles. The summed E-state index contributed by atoms with van der Waals surface area (Å²) in [6.45, 7) is 8.68. The second-order valence-corrected chi connectivity index (χ2v) is 5.60. The van der Waals surface area contributed by atoms with Gasteiger partial charge in [-0.3, -0.25) is 4.79 Å². The van der Waals surface area contributed by atoms with E-state index in [1.807, 2.05) is 0 Å². The van der Waals surface area contributed by atoms with Gasteiger partial charge in [0.25, 0.3) is 0 Å². The first kappa shape index (κ1) is 11.4. The van der Waals surface area contributed by atoms with Gasteiger partial charge >= 0.3 is 0 Å². The Morgan fingerprint density at radius 2 is 1.93 bits per heavy atom. The van der Waals surface area contributed by atoms with Gasteiger partial charge in [-0.2, -0.15) is 0 Å². The maximum absolute atomic E-state index is 11.5. The van der Waals surface area contributed by atoms with Gasteiger partial charge in [0.2, 0.25) is 0 Å². The molecule has 0 aromatic rings. The van der Waals surface area contributed by atoms with Crippen LogP contribution in [0.2, 0.25) is 0 Å². The molecule has 3 unspecified atom stereocenters. The van der Waals surface area contributed by atoms with Gasteiger partial charge in [-0.25, -0.2) is 0 Å². The lowest BCUT2D eigenvalue weighted by Gasteiger charge is -2.40. The van der Waals surface area contributed by atoms with Gasteiger partial charge in [0, 0.05) is 6.42 Å². The highest BCUT2D eigenvalue weighted by molar-refractivity contribution is 5.93. The van der Waals surface area contributed by atoms with E-state index in [9.17, 15) is 9.59 Å². The van der Waals surface area contributed by atoms with E-state index in [0.29, 0.717) is 18.3 Å². The number of carbonyl (C=O) groups is 2. The van der Waals surface area contributed by atoms with Crippen molar-refractivity contribution in [1.29, 1.82) is 0 Å². The molecule has 1 fully saturated rings. The van der Waals surface area contributed by atoms with E-state index in [0.717, 1.165) is 12.7 Å². The van der Waals surface area contributed by atoms with Gasteiger partial charge in [-0.15, -0.1) is 0 Å². The average molecular weight is 196 g/mol. The molecule has 2 heteroatoms. The summed E-state index contributed by atoms with van der Waals surface area (Å²) >= 11 is 0. The molecule has 1 aliphatic rings. The maximum Gasteiger partial charge on any atom is 0.143 e. The van der Waals surface area contributed by atoms with E-state index >= 15 is 0 Å². The standard InChI is InChI=1S/C12H20O2/c1-8-5-11(14)9(7-13)6-10(8)12(2,3)4/h7-10H,5-6H2,1-4H3. The third kappa shape index (κ3) is 2.23. The zero-order valence-corrected chi connectivity index (χ0v) is 9.54. The predicted octanol–water partition coefficient (Wildman–Crippen LogP) is 2.46. The minimum Gasteiger partial charge on any atom is -0.303 e. The average Bonchev–Trinajstić information content (AvgIpc) is 2.02. The Bertz CT molecular complexity index is 237. The van der Waals surface area contributed by atoms with Crippen LogP contribution in [0.25, 0.3) is 0 Å². The molecule has 80 valence electrons. The summed E-state index contributed by atoms with van der Waals surface area (Å²) in [5.41, 5.74) is 0.196. The molecule has 1 aliphatic carbocycles. The molecule has 0 heterocycles. The van der Waals surface area contributed by atoms with Crippen LogP contribution in [-0.4, -0.2) is 12.1 Å². The molecule has 2 nitrogen and oxygen atoms in total. The van der Waals surface area contributed by atoms with Crippen LogP contribution in [0, 0.1) is 23.2 Å². The zero-order valence-electron chi connectivity index (χ0n) is 9.54. The summed E-state index contributed by atoms with van der Waals surface area (Å²) in [5, 5.41) is 0. The number of hydrogen-bond acceptors (Lipinski definition) is 2. The Kier molecular flexibility index (Phi) is 3.13. The number of hydrogen-bond donors (Lipinski definition) is 0. The van der Waals surface area contributed by atoms with E-state index in [4.69, 9.17) is 0 Å². The van der Waals surface area contributed by atoms with Crippen molar-refractivity contribution in [3.05, 3.63) is 0 Å². The maximum atomic E-state index is 11.5. The first-order valence-electron chi connectivity index (χ1n) is 5.34. The Hall–Kier alpha value is -0.660. The first-order valence-corrected chi connectivity index (χ1v) is 5.34. The summed E-state index contributed by atoms with van der Waals surface area (Å²) in [6.07, 6.45) is 2.14. The van der Waals surface area contributed by atoms with Crippen molar-refractivity contribution >= 4 is 12.1 Å². The van der Waals surface area contributed by atoms with Crippen LogP contribution in [-0.2, 0) is 9.59 Å². The van der Waals surface area contributed by atoms with E-state index in [2.05, 4.69) is 27.7 Å². The van der Waals surface area contributed by atoms with E-state index in [-0.39, 0.29) is 17.1 Å². The van der Waals surface area contributed by atoms with Crippen molar-refractivity contribution in [2.24, 2.45) is 23.2 Å². The Morgan fingerprint density at radius 3 is 2.36 bits per heavy atom. The van der Waals surface area contributed by atoms with Gasteiger partial charge in [0.05, 0.1) is 5.92 Å². The fourth-order valence-electron chi connectivity index (χ4n) is 2.59. The van der Waals surface area contributed by atoms with Gasteiger partial charge in [0.15, 0.2) is 0 Å². The molecule has 0 aliphatic heterocycles. The highest BCUT2D eigenvalue weighted by atomic mass is 16.1. The SMILES string of the molecule is CC1CC(=O)C(C=O)CC1C(C)(C)C. The van der Waals surface area contributed by atoms with Crippen LogP contribution in [0.1, 0.15) is 40.5 Å². The quantitative estimate of drug-likeness (QED) is 0.477. The lowest BCUT2D eigenvalue weighted by Crippen LogP contribution is -2.38.